The minimum atomic E-state index is 0.555. The SMILES string of the molecule is CCCNC(C)CCc1ncnn1CC(C)C. The summed E-state index contributed by atoms with van der Waals surface area (Å²) in [6.07, 6.45) is 4.98. The largest absolute Gasteiger partial charge is 0.314 e. The molecule has 98 valence electrons. The summed E-state index contributed by atoms with van der Waals surface area (Å²) in [6, 6.07) is 0.555. The second kappa shape index (κ2) is 7.43. The van der Waals surface area contributed by atoms with E-state index in [1.807, 2.05) is 4.68 Å². The fraction of sp³-hybridized carbons (Fsp3) is 0.846. The molecule has 0 aliphatic carbocycles. The van der Waals surface area contributed by atoms with Crippen LogP contribution < -0.4 is 5.32 Å². The zero-order valence-corrected chi connectivity index (χ0v) is 11.6. The summed E-state index contributed by atoms with van der Waals surface area (Å²) in [5.74, 6) is 1.73. The van der Waals surface area contributed by atoms with Gasteiger partial charge in [-0.3, -0.25) is 0 Å². The van der Waals surface area contributed by atoms with Gasteiger partial charge in [0, 0.05) is 19.0 Å². The Kier molecular flexibility index (Phi) is 6.19. The van der Waals surface area contributed by atoms with Gasteiger partial charge in [0.1, 0.15) is 12.2 Å². The van der Waals surface area contributed by atoms with Crippen molar-refractivity contribution in [1.82, 2.24) is 20.1 Å². The molecule has 1 aromatic heterocycles. The number of aryl methyl sites for hydroxylation is 1. The van der Waals surface area contributed by atoms with E-state index in [9.17, 15) is 0 Å². The number of nitrogens with one attached hydrogen (secondary N) is 1. The van der Waals surface area contributed by atoms with Crippen LogP contribution >= 0.6 is 0 Å². The molecule has 1 rings (SSSR count). The van der Waals surface area contributed by atoms with Crippen LogP contribution in [0.25, 0.3) is 0 Å². The minimum Gasteiger partial charge on any atom is -0.314 e. The molecule has 1 atom stereocenters. The van der Waals surface area contributed by atoms with Gasteiger partial charge in [0.15, 0.2) is 0 Å². The topological polar surface area (TPSA) is 42.7 Å². The maximum atomic E-state index is 4.35. The first-order valence-corrected chi connectivity index (χ1v) is 6.73. The number of rotatable bonds is 8. The van der Waals surface area contributed by atoms with E-state index in [0.29, 0.717) is 12.0 Å². The van der Waals surface area contributed by atoms with E-state index in [1.54, 1.807) is 6.33 Å². The van der Waals surface area contributed by atoms with E-state index in [4.69, 9.17) is 0 Å². The van der Waals surface area contributed by atoms with E-state index in [0.717, 1.165) is 31.8 Å². The van der Waals surface area contributed by atoms with Crippen molar-refractivity contribution >= 4 is 0 Å². The Balaban J connectivity index is 2.38. The van der Waals surface area contributed by atoms with Gasteiger partial charge in [-0.05, 0) is 32.2 Å². The van der Waals surface area contributed by atoms with Gasteiger partial charge in [-0.25, -0.2) is 9.67 Å². The maximum absolute atomic E-state index is 4.35. The molecule has 0 fully saturated rings. The molecule has 4 nitrogen and oxygen atoms in total. The number of hydrogen-bond acceptors (Lipinski definition) is 3. The summed E-state index contributed by atoms with van der Waals surface area (Å²) < 4.78 is 2.04. The fourth-order valence-corrected chi connectivity index (χ4v) is 1.82. The molecule has 0 spiro atoms. The highest BCUT2D eigenvalue weighted by molar-refractivity contribution is 4.86. The van der Waals surface area contributed by atoms with Crippen LogP contribution in [0.2, 0.25) is 0 Å². The Bertz CT molecular complexity index is 306. The molecule has 0 aliphatic heterocycles. The highest BCUT2D eigenvalue weighted by Crippen LogP contribution is 2.05. The van der Waals surface area contributed by atoms with Gasteiger partial charge >= 0.3 is 0 Å². The number of aromatic nitrogens is 3. The second-order valence-electron chi connectivity index (χ2n) is 5.15. The zero-order chi connectivity index (χ0) is 12.7. The van der Waals surface area contributed by atoms with Gasteiger partial charge in [-0.1, -0.05) is 20.8 Å². The van der Waals surface area contributed by atoms with E-state index in [2.05, 4.69) is 43.1 Å². The van der Waals surface area contributed by atoms with Crippen LogP contribution in [0.1, 0.15) is 46.4 Å². The van der Waals surface area contributed by atoms with Crippen molar-refractivity contribution in [3.05, 3.63) is 12.2 Å². The van der Waals surface area contributed by atoms with Crippen LogP contribution in [0.15, 0.2) is 6.33 Å². The number of hydrogen-bond donors (Lipinski definition) is 1. The lowest BCUT2D eigenvalue weighted by molar-refractivity contribution is 0.450. The molecule has 0 aliphatic rings. The van der Waals surface area contributed by atoms with Crippen molar-refractivity contribution in [1.29, 1.82) is 0 Å². The molecule has 0 amide bonds. The van der Waals surface area contributed by atoms with E-state index >= 15 is 0 Å². The lowest BCUT2D eigenvalue weighted by Crippen LogP contribution is -2.27. The van der Waals surface area contributed by atoms with E-state index < -0.39 is 0 Å². The molecule has 1 aromatic rings. The van der Waals surface area contributed by atoms with Crippen LogP contribution in [0.3, 0.4) is 0 Å². The highest BCUT2D eigenvalue weighted by Gasteiger charge is 2.08. The van der Waals surface area contributed by atoms with Crippen molar-refractivity contribution in [2.75, 3.05) is 6.54 Å². The third kappa shape index (κ3) is 5.31. The average Bonchev–Trinajstić information content (AvgIpc) is 2.70. The van der Waals surface area contributed by atoms with E-state index in [1.165, 1.54) is 6.42 Å². The van der Waals surface area contributed by atoms with Gasteiger partial charge in [0.25, 0.3) is 0 Å². The molecule has 0 radical (unpaired) electrons. The molecule has 1 N–H and O–H groups in total. The Morgan fingerprint density at radius 2 is 2.12 bits per heavy atom. The molecule has 0 saturated carbocycles. The molecule has 17 heavy (non-hydrogen) atoms. The Hall–Kier alpha value is -0.900. The van der Waals surface area contributed by atoms with Crippen molar-refractivity contribution in [2.24, 2.45) is 5.92 Å². The molecule has 1 heterocycles. The van der Waals surface area contributed by atoms with Crippen molar-refractivity contribution < 1.29 is 0 Å². The first-order chi connectivity index (χ1) is 8.13. The van der Waals surface area contributed by atoms with Gasteiger partial charge in [-0.15, -0.1) is 0 Å². The number of nitrogens with zero attached hydrogens (tertiary/aromatic N) is 3. The van der Waals surface area contributed by atoms with Crippen LogP contribution in [0, 0.1) is 5.92 Å². The van der Waals surface area contributed by atoms with Crippen molar-refractivity contribution in [3.8, 4) is 0 Å². The summed E-state index contributed by atoms with van der Waals surface area (Å²) in [5, 5.41) is 7.78. The zero-order valence-electron chi connectivity index (χ0n) is 11.6. The molecular formula is C13H26N4. The molecular weight excluding hydrogens is 212 g/mol. The monoisotopic (exact) mass is 238 g/mol. The summed E-state index contributed by atoms with van der Waals surface area (Å²) in [4.78, 5) is 4.35. The standard InChI is InChI=1S/C13H26N4/c1-5-8-14-12(4)6-7-13-15-10-16-17(13)9-11(2)3/h10-12,14H,5-9H2,1-4H3. The summed E-state index contributed by atoms with van der Waals surface area (Å²) >= 11 is 0. The van der Waals surface area contributed by atoms with Crippen LogP contribution in [-0.4, -0.2) is 27.4 Å². The Morgan fingerprint density at radius 3 is 2.76 bits per heavy atom. The van der Waals surface area contributed by atoms with Gasteiger partial charge in [0.2, 0.25) is 0 Å². The molecule has 0 aromatic carbocycles. The first kappa shape index (κ1) is 14.2. The summed E-state index contributed by atoms with van der Waals surface area (Å²) in [5.41, 5.74) is 0. The quantitative estimate of drug-likeness (QED) is 0.755. The molecule has 1 unspecified atom stereocenters. The predicted molar refractivity (Wildman–Crippen MR) is 70.9 cm³/mol. The lowest BCUT2D eigenvalue weighted by atomic mass is 10.1. The first-order valence-electron chi connectivity index (χ1n) is 6.73. The Morgan fingerprint density at radius 1 is 1.35 bits per heavy atom. The third-order valence-electron chi connectivity index (χ3n) is 2.78. The molecule has 4 heteroatoms. The fourth-order valence-electron chi connectivity index (χ4n) is 1.82. The Labute approximate surface area is 105 Å². The average molecular weight is 238 g/mol. The highest BCUT2D eigenvalue weighted by atomic mass is 15.3. The predicted octanol–water partition coefficient (Wildman–Crippen LogP) is 2.25. The maximum Gasteiger partial charge on any atom is 0.138 e. The van der Waals surface area contributed by atoms with Crippen LogP contribution in [0.5, 0.6) is 0 Å². The normalized spacial score (nSPS) is 13.2. The second-order valence-corrected chi connectivity index (χ2v) is 5.15. The van der Waals surface area contributed by atoms with Crippen LogP contribution in [0.4, 0.5) is 0 Å². The molecule has 0 bridgehead atoms. The minimum absolute atomic E-state index is 0.555. The van der Waals surface area contributed by atoms with Crippen LogP contribution in [-0.2, 0) is 13.0 Å². The van der Waals surface area contributed by atoms with Gasteiger partial charge in [-0.2, -0.15) is 5.10 Å². The van der Waals surface area contributed by atoms with E-state index in [-0.39, 0.29) is 0 Å². The van der Waals surface area contributed by atoms with Gasteiger partial charge in [0.05, 0.1) is 0 Å². The van der Waals surface area contributed by atoms with Crippen molar-refractivity contribution in [2.45, 2.75) is 59.5 Å². The smallest absolute Gasteiger partial charge is 0.138 e. The summed E-state index contributed by atoms with van der Waals surface area (Å²) in [6.45, 7) is 10.9. The van der Waals surface area contributed by atoms with Gasteiger partial charge < -0.3 is 5.32 Å². The third-order valence-corrected chi connectivity index (χ3v) is 2.78. The molecule has 0 saturated heterocycles. The van der Waals surface area contributed by atoms with Crippen molar-refractivity contribution in [3.63, 3.8) is 0 Å². The lowest BCUT2D eigenvalue weighted by Gasteiger charge is -2.13. The summed E-state index contributed by atoms with van der Waals surface area (Å²) in [7, 11) is 0.